The van der Waals surface area contributed by atoms with Crippen LogP contribution in [0.2, 0.25) is 0 Å². The normalized spacial score (nSPS) is 14.3. The van der Waals surface area contributed by atoms with Crippen molar-refractivity contribution in [3.05, 3.63) is 35.4 Å². The summed E-state index contributed by atoms with van der Waals surface area (Å²) >= 11 is 0. The molecule has 18 heavy (non-hydrogen) atoms. The van der Waals surface area contributed by atoms with Crippen molar-refractivity contribution in [2.75, 3.05) is 0 Å². The molecule has 2 unspecified atom stereocenters. The van der Waals surface area contributed by atoms with Crippen molar-refractivity contribution < 1.29 is 4.79 Å². The molecule has 0 heterocycles. The Bertz CT molecular complexity index is 401. The van der Waals surface area contributed by atoms with E-state index in [-0.39, 0.29) is 24.0 Å². The van der Waals surface area contributed by atoms with E-state index in [0.29, 0.717) is 0 Å². The molecular formula is C15H24N2O. The van der Waals surface area contributed by atoms with Gasteiger partial charge in [0.2, 0.25) is 5.91 Å². The Balaban J connectivity index is 2.62. The smallest absolute Gasteiger partial charge is 0.237 e. The number of carbonyl (C=O) groups excluding carboxylic acids is 1. The molecule has 0 fully saturated rings. The average Bonchev–Trinajstić information content (AvgIpc) is 2.28. The molecule has 3 nitrogen and oxygen atoms in total. The Morgan fingerprint density at radius 3 is 2.28 bits per heavy atom. The van der Waals surface area contributed by atoms with Gasteiger partial charge in [0.1, 0.15) is 0 Å². The van der Waals surface area contributed by atoms with Gasteiger partial charge in [-0.25, -0.2) is 0 Å². The van der Waals surface area contributed by atoms with Gasteiger partial charge in [0.05, 0.1) is 6.04 Å². The summed E-state index contributed by atoms with van der Waals surface area (Å²) < 4.78 is 0. The van der Waals surface area contributed by atoms with Crippen LogP contribution < -0.4 is 10.6 Å². The number of carbonyl (C=O) groups is 1. The van der Waals surface area contributed by atoms with Gasteiger partial charge >= 0.3 is 0 Å². The first-order valence-corrected chi connectivity index (χ1v) is 6.53. The van der Waals surface area contributed by atoms with E-state index < -0.39 is 0 Å². The molecule has 100 valence electrons. The van der Waals surface area contributed by atoms with Gasteiger partial charge in [-0.3, -0.25) is 10.1 Å². The van der Waals surface area contributed by atoms with E-state index in [2.05, 4.69) is 36.6 Å². The lowest BCUT2D eigenvalue weighted by Crippen LogP contribution is -2.45. The summed E-state index contributed by atoms with van der Waals surface area (Å²) in [4.78, 5) is 11.8. The fraction of sp³-hybridized carbons (Fsp3) is 0.533. The fourth-order valence-corrected chi connectivity index (χ4v) is 2.02. The average molecular weight is 248 g/mol. The number of amides is 1. The zero-order chi connectivity index (χ0) is 13.7. The number of benzene rings is 1. The molecule has 2 N–H and O–H groups in total. The SMILES string of the molecule is Cc1ccccc1C(C)NC(C)C(=O)NC(C)C. The van der Waals surface area contributed by atoms with Gasteiger partial charge in [-0.2, -0.15) is 0 Å². The highest BCUT2D eigenvalue weighted by Gasteiger charge is 2.17. The van der Waals surface area contributed by atoms with Crippen molar-refractivity contribution in [2.45, 2.75) is 52.7 Å². The second-order valence-electron chi connectivity index (χ2n) is 5.13. The highest BCUT2D eigenvalue weighted by atomic mass is 16.2. The molecule has 0 radical (unpaired) electrons. The number of rotatable bonds is 5. The second kappa shape index (κ2) is 6.55. The molecule has 0 aromatic heterocycles. The summed E-state index contributed by atoms with van der Waals surface area (Å²) in [6, 6.07) is 8.39. The predicted molar refractivity (Wildman–Crippen MR) is 75.5 cm³/mol. The Kier molecular flexibility index (Phi) is 5.35. The maximum atomic E-state index is 11.8. The molecule has 0 saturated carbocycles. The minimum Gasteiger partial charge on any atom is -0.353 e. The van der Waals surface area contributed by atoms with E-state index >= 15 is 0 Å². The van der Waals surface area contributed by atoms with Gasteiger partial charge < -0.3 is 5.32 Å². The number of nitrogens with one attached hydrogen (secondary N) is 2. The monoisotopic (exact) mass is 248 g/mol. The molecule has 1 amide bonds. The Morgan fingerprint density at radius 2 is 1.72 bits per heavy atom. The summed E-state index contributed by atoms with van der Waals surface area (Å²) in [6.45, 7) is 10.0. The predicted octanol–water partition coefficient (Wildman–Crippen LogP) is 2.56. The molecule has 0 aliphatic rings. The highest BCUT2D eigenvalue weighted by molar-refractivity contribution is 5.81. The molecule has 0 aliphatic carbocycles. The number of aryl methyl sites for hydroxylation is 1. The van der Waals surface area contributed by atoms with Gasteiger partial charge in [0.25, 0.3) is 0 Å². The van der Waals surface area contributed by atoms with E-state index in [0.717, 1.165) is 0 Å². The Labute approximate surface area is 110 Å². The van der Waals surface area contributed by atoms with E-state index in [9.17, 15) is 4.79 Å². The Hall–Kier alpha value is -1.35. The first-order valence-electron chi connectivity index (χ1n) is 6.53. The standard InChI is InChI=1S/C15H24N2O/c1-10(2)16-15(18)13(5)17-12(4)14-9-7-6-8-11(14)3/h6-10,12-13,17H,1-5H3,(H,16,18). The summed E-state index contributed by atoms with van der Waals surface area (Å²) in [6.07, 6.45) is 0. The lowest BCUT2D eigenvalue weighted by Gasteiger charge is -2.22. The Morgan fingerprint density at radius 1 is 1.11 bits per heavy atom. The van der Waals surface area contributed by atoms with Crippen LogP contribution >= 0.6 is 0 Å². The van der Waals surface area contributed by atoms with Crippen molar-refractivity contribution >= 4 is 5.91 Å². The fourth-order valence-electron chi connectivity index (χ4n) is 2.02. The third-order valence-corrected chi connectivity index (χ3v) is 2.98. The van der Waals surface area contributed by atoms with Crippen LogP contribution in [0.3, 0.4) is 0 Å². The van der Waals surface area contributed by atoms with Crippen LogP contribution in [0.15, 0.2) is 24.3 Å². The third kappa shape index (κ3) is 4.15. The molecular weight excluding hydrogens is 224 g/mol. The quantitative estimate of drug-likeness (QED) is 0.841. The minimum atomic E-state index is -0.193. The van der Waals surface area contributed by atoms with Crippen molar-refractivity contribution in [1.82, 2.24) is 10.6 Å². The highest BCUT2D eigenvalue weighted by Crippen LogP contribution is 2.17. The van der Waals surface area contributed by atoms with Crippen LogP contribution in [-0.4, -0.2) is 18.0 Å². The van der Waals surface area contributed by atoms with E-state index in [4.69, 9.17) is 0 Å². The zero-order valence-electron chi connectivity index (χ0n) is 11.9. The van der Waals surface area contributed by atoms with Crippen LogP contribution in [-0.2, 0) is 4.79 Å². The molecule has 0 bridgehead atoms. The van der Waals surface area contributed by atoms with Gasteiger partial charge in [-0.1, -0.05) is 24.3 Å². The van der Waals surface area contributed by atoms with Gasteiger partial charge in [-0.15, -0.1) is 0 Å². The first kappa shape index (κ1) is 14.7. The first-order chi connectivity index (χ1) is 8.41. The maximum absolute atomic E-state index is 11.8. The van der Waals surface area contributed by atoms with E-state index in [1.165, 1.54) is 11.1 Å². The summed E-state index contributed by atoms with van der Waals surface area (Å²) in [5.41, 5.74) is 2.48. The lowest BCUT2D eigenvalue weighted by atomic mass is 10.0. The maximum Gasteiger partial charge on any atom is 0.237 e. The van der Waals surface area contributed by atoms with Gasteiger partial charge in [0, 0.05) is 12.1 Å². The van der Waals surface area contributed by atoms with Gasteiger partial charge in [-0.05, 0) is 45.7 Å². The summed E-state index contributed by atoms with van der Waals surface area (Å²) in [5, 5.41) is 6.24. The second-order valence-corrected chi connectivity index (χ2v) is 5.13. The third-order valence-electron chi connectivity index (χ3n) is 2.98. The van der Waals surface area contributed by atoms with E-state index in [1.54, 1.807) is 0 Å². The summed E-state index contributed by atoms with van der Waals surface area (Å²) in [7, 11) is 0. The van der Waals surface area contributed by atoms with Crippen molar-refractivity contribution in [3.63, 3.8) is 0 Å². The van der Waals surface area contributed by atoms with Crippen molar-refractivity contribution in [1.29, 1.82) is 0 Å². The molecule has 0 saturated heterocycles. The lowest BCUT2D eigenvalue weighted by molar-refractivity contribution is -0.123. The van der Waals surface area contributed by atoms with Gasteiger partial charge in [0.15, 0.2) is 0 Å². The van der Waals surface area contributed by atoms with Crippen molar-refractivity contribution in [2.24, 2.45) is 0 Å². The molecule has 2 atom stereocenters. The summed E-state index contributed by atoms with van der Waals surface area (Å²) in [5.74, 6) is 0.0467. The van der Waals surface area contributed by atoms with Crippen LogP contribution in [0.4, 0.5) is 0 Å². The van der Waals surface area contributed by atoms with Crippen LogP contribution in [0.5, 0.6) is 0 Å². The van der Waals surface area contributed by atoms with E-state index in [1.807, 2.05) is 32.9 Å². The molecule has 3 heteroatoms. The molecule has 0 spiro atoms. The van der Waals surface area contributed by atoms with Crippen LogP contribution in [0, 0.1) is 6.92 Å². The van der Waals surface area contributed by atoms with Crippen LogP contribution in [0.1, 0.15) is 44.9 Å². The topological polar surface area (TPSA) is 41.1 Å². The number of hydrogen-bond acceptors (Lipinski definition) is 2. The molecule has 1 rings (SSSR count). The molecule has 0 aliphatic heterocycles. The van der Waals surface area contributed by atoms with Crippen molar-refractivity contribution in [3.8, 4) is 0 Å². The largest absolute Gasteiger partial charge is 0.353 e. The molecule has 1 aromatic carbocycles. The molecule has 1 aromatic rings. The van der Waals surface area contributed by atoms with Crippen LogP contribution in [0.25, 0.3) is 0 Å². The minimum absolute atomic E-state index is 0.0467. The number of hydrogen-bond donors (Lipinski definition) is 2. The zero-order valence-corrected chi connectivity index (χ0v) is 11.9.